The van der Waals surface area contributed by atoms with Crippen molar-refractivity contribution in [3.05, 3.63) is 64.7 Å². The van der Waals surface area contributed by atoms with Gasteiger partial charge in [0, 0.05) is 29.6 Å². The number of amides is 1. The number of rotatable bonds is 5. The van der Waals surface area contributed by atoms with Gasteiger partial charge in [-0.25, -0.2) is 0 Å². The van der Waals surface area contributed by atoms with Crippen molar-refractivity contribution >= 4 is 23.5 Å². The van der Waals surface area contributed by atoms with Crippen molar-refractivity contribution in [3.63, 3.8) is 0 Å². The maximum Gasteiger partial charge on any atom is 0.308 e. The highest BCUT2D eigenvalue weighted by atomic mass is 35.5. The first-order chi connectivity index (χ1) is 12.5. The second kappa shape index (κ2) is 7.79. The molecule has 1 saturated heterocycles. The number of methoxy groups -OCH3 is 1. The Morgan fingerprint density at radius 1 is 1.15 bits per heavy atom. The predicted octanol–water partition coefficient (Wildman–Crippen LogP) is 3.22. The lowest BCUT2D eigenvalue weighted by molar-refractivity contribution is -0.141. The molecule has 0 aromatic heterocycles. The predicted molar refractivity (Wildman–Crippen MR) is 98.6 cm³/mol. The highest BCUT2D eigenvalue weighted by molar-refractivity contribution is 6.30. The third kappa shape index (κ3) is 3.83. The first kappa shape index (κ1) is 18.3. The molecule has 1 amide bonds. The smallest absolute Gasteiger partial charge is 0.308 e. The Morgan fingerprint density at radius 3 is 2.50 bits per heavy atom. The fourth-order valence-electron chi connectivity index (χ4n) is 3.43. The minimum Gasteiger partial charge on any atom is -0.496 e. The number of aliphatic carboxylic acids is 1. The number of hydrogen-bond acceptors (Lipinski definition) is 3. The van der Waals surface area contributed by atoms with E-state index in [0.717, 1.165) is 11.1 Å². The lowest BCUT2D eigenvalue weighted by atomic mass is 9.89. The van der Waals surface area contributed by atoms with Gasteiger partial charge in [0.1, 0.15) is 5.75 Å². The van der Waals surface area contributed by atoms with Crippen molar-refractivity contribution in [3.8, 4) is 5.75 Å². The van der Waals surface area contributed by atoms with E-state index in [2.05, 4.69) is 0 Å². The average molecular weight is 374 g/mol. The van der Waals surface area contributed by atoms with Crippen LogP contribution in [0.5, 0.6) is 5.75 Å². The lowest BCUT2D eigenvalue weighted by Crippen LogP contribution is -2.31. The second-order valence-electron chi connectivity index (χ2n) is 6.39. The van der Waals surface area contributed by atoms with Crippen LogP contribution < -0.4 is 4.74 Å². The van der Waals surface area contributed by atoms with Gasteiger partial charge in [-0.1, -0.05) is 41.9 Å². The van der Waals surface area contributed by atoms with Crippen LogP contribution in [0.3, 0.4) is 0 Å². The first-order valence-corrected chi connectivity index (χ1v) is 8.75. The topological polar surface area (TPSA) is 66.8 Å². The quantitative estimate of drug-likeness (QED) is 0.873. The number of benzene rings is 2. The summed E-state index contributed by atoms with van der Waals surface area (Å²) in [6.07, 6.45) is 0.184. The van der Waals surface area contributed by atoms with Gasteiger partial charge in [0.05, 0.1) is 19.4 Å². The van der Waals surface area contributed by atoms with Crippen molar-refractivity contribution in [2.24, 2.45) is 5.92 Å². The van der Waals surface area contributed by atoms with Gasteiger partial charge in [0.25, 0.3) is 0 Å². The number of ether oxygens (including phenoxy) is 1. The van der Waals surface area contributed by atoms with Crippen molar-refractivity contribution < 1.29 is 19.4 Å². The largest absolute Gasteiger partial charge is 0.496 e. The number of hydrogen-bond donors (Lipinski definition) is 1. The summed E-state index contributed by atoms with van der Waals surface area (Å²) < 4.78 is 5.29. The van der Waals surface area contributed by atoms with Crippen molar-refractivity contribution in [2.45, 2.75) is 12.3 Å². The minimum absolute atomic E-state index is 0.0998. The molecule has 1 fully saturated rings. The summed E-state index contributed by atoms with van der Waals surface area (Å²) >= 11 is 5.92. The van der Waals surface area contributed by atoms with Crippen LogP contribution in [-0.2, 0) is 16.0 Å². The molecule has 0 unspecified atom stereocenters. The average Bonchev–Trinajstić information content (AvgIpc) is 3.08. The maximum atomic E-state index is 12.7. The fourth-order valence-corrected chi connectivity index (χ4v) is 3.56. The zero-order valence-electron chi connectivity index (χ0n) is 14.4. The molecule has 1 N–H and O–H groups in total. The number of carbonyl (C=O) groups excluding carboxylic acids is 1. The zero-order chi connectivity index (χ0) is 18.7. The van der Waals surface area contributed by atoms with Crippen LogP contribution in [-0.4, -0.2) is 42.1 Å². The van der Waals surface area contributed by atoms with Crippen LogP contribution in [0, 0.1) is 5.92 Å². The third-order valence-corrected chi connectivity index (χ3v) is 5.07. The number of nitrogens with zero attached hydrogens (tertiary/aromatic N) is 1. The highest BCUT2D eigenvalue weighted by Gasteiger charge is 2.40. The summed E-state index contributed by atoms with van der Waals surface area (Å²) in [6, 6.07) is 14.5. The molecule has 0 saturated carbocycles. The number of para-hydroxylation sites is 1. The standard InChI is InChI=1S/C20H20ClNO4/c1-26-18-5-3-2-4-14(18)10-19(23)22-11-16(17(12-22)20(24)25)13-6-8-15(21)9-7-13/h2-9,16-17H,10-12H2,1H3,(H,24,25)/t16-,17+/m0/s1. The molecular weight excluding hydrogens is 354 g/mol. The van der Waals surface area contributed by atoms with E-state index >= 15 is 0 Å². The summed E-state index contributed by atoms with van der Waals surface area (Å²) in [5.74, 6) is -1.21. The van der Waals surface area contributed by atoms with E-state index in [-0.39, 0.29) is 24.8 Å². The number of carboxylic acid groups (broad SMARTS) is 1. The molecule has 3 rings (SSSR count). The first-order valence-electron chi connectivity index (χ1n) is 8.37. The monoisotopic (exact) mass is 373 g/mol. The van der Waals surface area contributed by atoms with Crippen LogP contribution in [0.25, 0.3) is 0 Å². The molecule has 0 spiro atoms. The van der Waals surface area contributed by atoms with Gasteiger partial charge in [-0.15, -0.1) is 0 Å². The molecule has 6 heteroatoms. The van der Waals surface area contributed by atoms with E-state index in [1.165, 1.54) is 0 Å². The number of carboxylic acids is 1. The maximum absolute atomic E-state index is 12.7. The minimum atomic E-state index is -0.891. The van der Waals surface area contributed by atoms with Gasteiger partial charge >= 0.3 is 5.97 Å². The summed E-state index contributed by atoms with van der Waals surface area (Å²) in [7, 11) is 1.57. The van der Waals surface area contributed by atoms with Gasteiger partial charge in [0.15, 0.2) is 0 Å². The molecule has 136 valence electrons. The SMILES string of the molecule is COc1ccccc1CC(=O)N1C[C@@H](C(=O)O)[C@H](c2ccc(Cl)cc2)C1. The van der Waals surface area contributed by atoms with E-state index < -0.39 is 11.9 Å². The molecule has 1 heterocycles. The van der Waals surface area contributed by atoms with Gasteiger partial charge in [-0.05, 0) is 23.8 Å². The molecule has 26 heavy (non-hydrogen) atoms. The Hall–Kier alpha value is -2.53. The number of likely N-dealkylation sites (tertiary alicyclic amines) is 1. The van der Waals surface area contributed by atoms with Crippen molar-refractivity contribution in [1.82, 2.24) is 4.90 Å². The van der Waals surface area contributed by atoms with Crippen LogP contribution in [0.1, 0.15) is 17.0 Å². The normalized spacial score (nSPS) is 19.4. The van der Waals surface area contributed by atoms with Gasteiger partial charge < -0.3 is 14.7 Å². The summed E-state index contributed by atoms with van der Waals surface area (Å²) in [4.78, 5) is 26.1. The molecular formula is C20H20ClNO4. The lowest BCUT2D eigenvalue weighted by Gasteiger charge is -2.17. The Kier molecular flexibility index (Phi) is 5.47. The van der Waals surface area contributed by atoms with Gasteiger partial charge in [-0.2, -0.15) is 0 Å². The third-order valence-electron chi connectivity index (χ3n) is 4.82. The molecule has 2 aromatic rings. The Balaban J connectivity index is 1.77. The highest BCUT2D eigenvalue weighted by Crippen LogP contribution is 2.34. The van der Waals surface area contributed by atoms with Gasteiger partial charge in [-0.3, -0.25) is 9.59 Å². The van der Waals surface area contributed by atoms with E-state index in [9.17, 15) is 14.7 Å². The molecule has 0 aliphatic carbocycles. The van der Waals surface area contributed by atoms with Gasteiger partial charge in [0.2, 0.25) is 5.91 Å². The van der Waals surface area contributed by atoms with Crippen molar-refractivity contribution in [2.75, 3.05) is 20.2 Å². The fraction of sp³-hybridized carbons (Fsp3) is 0.300. The summed E-state index contributed by atoms with van der Waals surface area (Å²) in [5.41, 5.74) is 1.68. The molecule has 0 radical (unpaired) electrons. The Bertz CT molecular complexity index is 806. The van der Waals surface area contributed by atoms with Crippen molar-refractivity contribution in [1.29, 1.82) is 0 Å². The molecule has 2 aromatic carbocycles. The zero-order valence-corrected chi connectivity index (χ0v) is 15.1. The van der Waals surface area contributed by atoms with Crippen LogP contribution in [0.15, 0.2) is 48.5 Å². The van der Waals surface area contributed by atoms with Crippen LogP contribution in [0.2, 0.25) is 5.02 Å². The van der Waals surface area contributed by atoms with E-state index in [0.29, 0.717) is 17.3 Å². The van der Waals surface area contributed by atoms with E-state index in [1.807, 2.05) is 36.4 Å². The van der Waals surface area contributed by atoms with E-state index in [1.54, 1.807) is 24.1 Å². The Morgan fingerprint density at radius 2 is 1.85 bits per heavy atom. The molecule has 2 atom stereocenters. The molecule has 0 bridgehead atoms. The molecule has 1 aliphatic heterocycles. The summed E-state index contributed by atoms with van der Waals surface area (Å²) in [6.45, 7) is 0.586. The molecule has 5 nitrogen and oxygen atoms in total. The summed E-state index contributed by atoms with van der Waals surface area (Å²) in [5, 5.41) is 10.2. The molecule has 1 aliphatic rings. The second-order valence-corrected chi connectivity index (χ2v) is 6.83. The van der Waals surface area contributed by atoms with Crippen LogP contribution >= 0.6 is 11.6 Å². The number of carbonyl (C=O) groups is 2. The Labute approximate surface area is 157 Å². The van der Waals surface area contributed by atoms with E-state index in [4.69, 9.17) is 16.3 Å². The van der Waals surface area contributed by atoms with Crippen LogP contribution in [0.4, 0.5) is 0 Å². The number of halogens is 1.